The summed E-state index contributed by atoms with van der Waals surface area (Å²) in [5.41, 5.74) is -0.888. The molecule has 0 aromatic heterocycles. The number of para-hydroxylation sites is 2. The van der Waals surface area contributed by atoms with E-state index < -0.39 is 41.2 Å². The van der Waals surface area contributed by atoms with Gasteiger partial charge in [0.1, 0.15) is 5.75 Å². The van der Waals surface area contributed by atoms with E-state index in [1.807, 2.05) is 0 Å². The Hall–Kier alpha value is -2.31. The van der Waals surface area contributed by atoms with E-state index in [9.17, 15) is 27.1 Å². The van der Waals surface area contributed by atoms with Crippen LogP contribution in [0.3, 0.4) is 0 Å². The zero-order valence-electron chi connectivity index (χ0n) is 9.85. The van der Waals surface area contributed by atoms with Crippen molar-refractivity contribution in [1.82, 2.24) is 0 Å². The Morgan fingerprint density at radius 3 is 1.85 bits per heavy atom. The Morgan fingerprint density at radius 1 is 0.800 bits per heavy atom. The molecule has 0 saturated heterocycles. The lowest BCUT2D eigenvalue weighted by atomic mass is 10.1. The number of anilines is 1. The van der Waals surface area contributed by atoms with Gasteiger partial charge in [-0.3, -0.25) is 0 Å². The van der Waals surface area contributed by atoms with Crippen molar-refractivity contribution in [3.8, 4) is 5.75 Å². The summed E-state index contributed by atoms with van der Waals surface area (Å²) in [6, 6.07) is 5.74. The molecule has 2 nitrogen and oxygen atoms in total. The summed E-state index contributed by atoms with van der Waals surface area (Å²) in [5.74, 6) is -10.2. The van der Waals surface area contributed by atoms with Crippen LogP contribution in [0.1, 0.15) is 5.56 Å². The molecular formula is C13H8F5NO. The van der Waals surface area contributed by atoms with E-state index in [-0.39, 0.29) is 11.4 Å². The fourth-order valence-corrected chi connectivity index (χ4v) is 1.61. The molecule has 0 fully saturated rings. The van der Waals surface area contributed by atoms with Crippen LogP contribution in [0.15, 0.2) is 24.3 Å². The fourth-order valence-electron chi connectivity index (χ4n) is 1.61. The van der Waals surface area contributed by atoms with E-state index >= 15 is 0 Å². The third-order valence-corrected chi connectivity index (χ3v) is 2.66. The normalized spacial score (nSPS) is 10.7. The molecule has 2 N–H and O–H groups in total. The van der Waals surface area contributed by atoms with Gasteiger partial charge in [-0.15, -0.1) is 0 Å². The molecule has 20 heavy (non-hydrogen) atoms. The molecule has 2 aromatic carbocycles. The Morgan fingerprint density at radius 2 is 1.30 bits per heavy atom. The zero-order chi connectivity index (χ0) is 14.9. The minimum atomic E-state index is -2.20. The average Bonchev–Trinajstić information content (AvgIpc) is 2.45. The lowest BCUT2D eigenvalue weighted by molar-refractivity contribution is 0.371. The van der Waals surface area contributed by atoms with Gasteiger partial charge in [-0.05, 0) is 12.1 Å². The van der Waals surface area contributed by atoms with Gasteiger partial charge in [-0.25, -0.2) is 22.0 Å². The first-order chi connectivity index (χ1) is 9.43. The van der Waals surface area contributed by atoms with Crippen LogP contribution in [0.25, 0.3) is 0 Å². The maximum Gasteiger partial charge on any atom is 0.200 e. The Kier molecular flexibility index (Phi) is 3.78. The minimum Gasteiger partial charge on any atom is -0.506 e. The predicted octanol–water partition coefficient (Wildman–Crippen LogP) is 3.70. The summed E-state index contributed by atoms with van der Waals surface area (Å²) in [6.07, 6.45) is 0. The molecule has 0 heterocycles. The first kappa shape index (κ1) is 14.1. The van der Waals surface area contributed by atoms with E-state index in [1.54, 1.807) is 0 Å². The highest BCUT2D eigenvalue weighted by Gasteiger charge is 2.25. The van der Waals surface area contributed by atoms with Crippen molar-refractivity contribution in [3.05, 3.63) is 58.9 Å². The van der Waals surface area contributed by atoms with Crippen LogP contribution >= 0.6 is 0 Å². The lowest BCUT2D eigenvalue weighted by Crippen LogP contribution is -2.11. The summed E-state index contributed by atoms with van der Waals surface area (Å²) in [5, 5.41) is 11.8. The third-order valence-electron chi connectivity index (χ3n) is 2.66. The number of phenols is 1. The molecule has 0 aliphatic rings. The first-order valence-corrected chi connectivity index (χ1v) is 5.45. The number of phenolic OH excluding ortho intramolecular Hbond substituents is 1. The second-order valence-electron chi connectivity index (χ2n) is 3.92. The Bertz CT molecular complexity index is 630. The maximum absolute atomic E-state index is 13.4. The van der Waals surface area contributed by atoms with Crippen LogP contribution in [0, 0.1) is 29.1 Å². The molecule has 106 valence electrons. The van der Waals surface area contributed by atoms with Crippen LogP contribution < -0.4 is 5.32 Å². The number of benzene rings is 2. The minimum absolute atomic E-state index is 0.108. The predicted molar refractivity (Wildman–Crippen MR) is 61.7 cm³/mol. The van der Waals surface area contributed by atoms with Crippen LogP contribution in [0.5, 0.6) is 5.75 Å². The lowest BCUT2D eigenvalue weighted by Gasteiger charge is -2.11. The van der Waals surface area contributed by atoms with Crippen molar-refractivity contribution in [1.29, 1.82) is 0 Å². The molecule has 0 unspecified atom stereocenters. The third kappa shape index (κ3) is 2.38. The van der Waals surface area contributed by atoms with E-state index in [0.717, 1.165) is 0 Å². The van der Waals surface area contributed by atoms with E-state index in [1.165, 1.54) is 24.3 Å². The van der Waals surface area contributed by atoms with Gasteiger partial charge in [0.15, 0.2) is 23.3 Å². The van der Waals surface area contributed by atoms with Crippen molar-refractivity contribution < 1.29 is 27.1 Å². The molecule has 0 atom stereocenters. The van der Waals surface area contributed by atoms with Crippen LogP contribution in [-0.4, -0.2) is 5.11 Å². The summed E-state index contributed by atoms with van der Waals surface area (Å²) in [6.45, 7) is -0.663. The largest absolute Gasteiger partial charge is 0.506 e. The standard InChI is InChI=1S/C13H8F5NO/c14-9-6(10(15)12(17)13(18)11(9)16)5-19-7-3-1-2-4-8(7)20/h1-4,19-20H,5H2. The quantitative estimate of drug-likeness (QED) is 0.391. The maximum atomic E-state index is 13.4. The highest BCUT2D eigenvalue weighted by molar-refractivity contribution is 5.55. The van der Waals surface area contributed by atoms with Gasteiger partial charge in [0.2, 0.25) is 5.82 Å². The summed E-state index contributed by atoms with van der Waals surface area (Å²) in [7, 11) is 0. The topological polar surface area (TPSA) is 32.3 Å². The fraction of sp³-hybridized carbons (Fsp3) is 0.0769. The Balaban J connectivity index is 2.33. The van der Waals surface area contributed by atoms with E-state index in [4.69, 9.17) is 0 Å². The monoisotopic (exact) mass is 289 g/mol. The summed E-state index contributed by atoms with van der Waals surface area (Å²) < 4.78 is 65.5. The molecule has 0 aliphatic heterocycles. The van der Waals surface area contributed by atoms with Crippen molar-refractivity contribution in [2.75, 3.05) is 5.32 Å². The molecule has 0 radical (unpaired) electrons. The molecule has 2 aromatic rings. The van der Waals surface area contributed by atoms with Crippen LogP contribution in [0.4, 0.5) is 27.6 Å². The molecule has 0 amide bonds. The van der Waals surface area contributed by atoms with Gasteiger partial charge in [-0.1, -0.05) is 12.1 Å². The first-order valence-electron chi connectivity index (χ1n) is 5.45. The van der Waals surface area contributed by atoms with Crippen molar-refractivity contribution in [3.63, 3.8) is 0 Å². The molecule has 0 spiro atoms. The van der Waals surface area contributed by atoms with Crippen molar-refractivity contribution in [2.24, 2.45) is 0 Å². The van der Waals surface area contributed by atoms with E-state index in [2.05, 4.69) is 5.32 Å². The van der Waals surface area contributed by atoms with Crippen LogP contribution in [-0.2, 0) is 6.54 Å². The smallest absolute Gasteiger partial charge is 0.200 e. The number of rotatable bonds is 3. The van der Waals surface area contributed by atoms with Gasteiger partial charge in [0.25, 0.3) is 0 Å². The summed E-state index contributed by atoms with van der Waals surface area (Å²) >= 11 is 0. The van der Waals surface area contributed by atoms with E-state index in [0.29, 0.717) is 0 Å². The highest BCUT2D eigenvalue weighted by atomic mass is 19.2. The molecule has 7 heteroatoms. The summed E-state index contributed by atoms with van der Waals surface area (Å²) in [4.78, 5) is 0. The average molecular weight is 289 g/mol. The number of nitrogens with one attached hydrogen (secondary N) is 1. The van der Waals surface area contributed by atoms with Gasteiger partial charge < -0.3 is 10.4 Å². The second-order valence-corrected chi connectivity index (χ2v) is 3.92. The Labute approximate surface area is 110 Å². The SMILES string of the molecule is Oc1ccccc1NCc1c(F)c(F)c(F)c(F)c1F. The van der Waals surface area contributed by atoms with Gasteiger partial charge in [-0.2, -0.15) is 0 Å². The van der Waals surface area contributed by atoms with Gasteiger partial charge in [0.05, 0.1) is 5.69 Å². The number of aromatic hydroxyl groups is 1. The highest BCUT2D eigenvalue weighted by Crippen LogP contribution is 2.26. The van der Waals surface area contributed by atoms with Crippen molar-refractivity contribution in [2.45, 2.75) is 6.54 Å². The molecule has 0 saturated carbocycles. The number of halogens is 5. The van der Waals surface area contributed by atoms with Gasteiger partial charge in [0, 0.05) is 12.1 Å². The zero-order valence-corrected chi connectivity index (χ0v) is 9.85. The number of hydrogen-bond acceptors (Lipinski definition) is 2. The van der Waals surface area contributed by atoms with Crippen molar-refractivity contribution >= 4 is 5.69 Å². The molecule has 0 bridgehead atoms. The number of hydrogen-bond donors (Lipinski definition) is 2. The van der Waals surface area contributed by atoms with Gasteiger partial charge >= 0.3 is 0 Å². The second kappa shape index (κ2) is 5.36. The molecular weight excluding hydrogens is 281 g/mol. The van der Waals surface area contributed by atoms with Crippen LogP contribution in [0.2, 0.25) is 0 Å². The molecule has 0 aliphatic carbocycles. The molecule has 2 rings (SSSR count).